The molecule has 2 unspecified atom stereocenters. The van der Waals surface area contributed by atoms with Gasteiger partial charge in [-0.2, -0.15) is 0 Å². The zero-order valence-electron chi connectivity index (χ0n) is 13.2. The number of carbonyl (C=O) groups is 1. The fourth-order valence-corrected chi connectivity index (χ4v) is 3.83. The summed E-state index contributed by atoms with van der Waals surface area (Å²) in [7, 11) is -3.23. The minimum Gasteiger partial charge on any atom is -0.361 e. The van der Waals surface area contributed by atoms with Crippen LogP contribution in [0.5, 0.6) is 0 Å². The highest BCUT2D eigenvalue weighted by Crippen LogP contribution is 2.25. The molecule has 22 heavy (non-hydrogen) atoms. The molecule has 1 aliphatic rings. The van der Waals surface area contributed by atoms with Gasteiger partial charge in [0.15, 0.2) is 0 Å². The lowest BCUT2D eigenvalue weighted by molar-refractivity contribution is 0.0944. The number of nitrogens with one attached hydrogen (secondary N) is 2. The molecule has 0 saturated heterocycles. The van der Waals surface area contributed by atoms with Crippen LogP contribution in [0.25, 0.3) is 0 Å². The Balaban J connectivity index is 1.97. The summed E-state index contributed by atoms with van der Waals surface area (Å²) in [5, 5.41) is 6.76. The van der Waals surface area contributed by atoms with Gasteiger partial charge >= 0.3 is 0 Å². The van der Waals surface area contributed by atoms with Crippen LogP contribution in [0.4, 0.5) is 0 Å². The number of sulfonamides is 1. The summed E-state index contributed by atoms with van der Waals surface area (Å²) < 4.78 is 30.4. The lowest BCUT2D eigenvalue weighted by Crippen LogP contribution is -2.41. The number of aryl methyl sites for hydroxylation is 2. The van der Waals surface area contributed by atoms with E-state index < -0.39 is 10.0 Å². The van der Waals surface area contributed by atoms with E-state index in [1.807, 2.05) is 6.92 Å². The zero-order chi connectivity index (χ0) is 16.3. The quantitative estimate of drug-likeness (QED) is 0.810. The molecular formula is C14H23N3O4S. The van der Waals surface area contributed by atoms with Gasteiger partial charge in [-0.25, -0.2) is 13.1 Å². The Labute approximate surface area is 130 Å². The normalized spacial score (nSPS) is 22.0. The van der Waals surface area contributed by atoms with E-state index >= 15 is 0 Å². The highest BCUT2D eigenvalue weighted by molar-refractivity contribution is 7.88. The van der Waals surface area contributed by atoms with Crippen LogP contribution in [-0.4, -0.2) is 38.3 Å². The van der Waals surface area contributed by atoms with Crippen molar-refractivity contribution in [1.29, 1.82) is 0 Å². The molecule has 1 fully saturated rings. The fraction of sp³-hybridized carbons (Fsp3) is 0.714. The molecule has 1 heterocycles. The van der Waals surface area contributed by atoms with E-state index in [0.29, 0.717) is 30.0 Å². The maximum Gasteiger partial charge on any atom is 0.256 e. The molecule has 2 rings (SSSR count). The van der Waals surface area contributed by atoms with Gasteiger partial charge in [0, 0.05) is 12.6 Å². The van der Waals surface area contributed by atoms with Crippen molar-refractivity contribution in [3.63, 3.8) is 0 Å². The first-order valence-electron chi connectivity index (χ1n) is 7.52. The number of aromatic nitrogens is 1. The molecule has 1 amide bonds. The molecule has 8 heteroatoms. The molecule has 0 radical (unpaired) electrons. The maximum atomic E-state index is 12.3. The topological polar surface area (TPSA) is 101 Å². The predicted octanol–water partition coefficient (Wildman–Crippen LogP) is 0.993. The molecule has 1 aromatic rings. The van der Waals surface area contributed by atoms with Gasteiger partial charge in [0.2, 0.25) is 10.0 Å². The van der Waals surface area contributed by atoms with Gasteiger partial charge in [0.05, 0.1) is 11.9 Å². The number of nitrogens with zero attached hydrogens (tertiary/aromatic N) is 1. The maximum absolute atomic E-state index is 12.3. The summed E-state index contributed by atoms with van der Waals surface area (Å²) in [4.78, 5) is 12.3. The third-order valence-electron chi connectivity index (χ3n) is 4.04. The van der Waals surface area contributed by atoms with Gasteiger partial charge in [-0.1, -0.05) is 18.5 Å². The summed E-state index contributed by atoms with van der Waals surface area (Å²) in [6, 6.07) is -0.107. The number of carbonyl (C=O) groups excluding carboxylic acids is 1. The second-order valence-electron chi connectivity index (χ2n) is 5.81. The van der Waals surface area contributed by atoms with E-state index in [2.05, 4.69) is 15.2 Å². The molecule has 1 aliphatic carbocycles. The SMILES string of the molecule is CCc1noc(C)c1C(=O)NCC1CCCC1NS(C)(=O)=O. The van der Waals surface area contributed by atoms with Crippen LogP contribution in [0.1, 0.15) is 48.0 Å². The van der Waals surface area contributed by atoms with Gasteiger partial charge in [0.25, 0.3) is 5.91 Å². The molecule has 0 bridgehead atoms. The van der Waals surface area contributed by atoms with Gasteiger partial charge in [-0.3, -0.25) is 4.79 Å². The first kappa shape index (κ1) is 17.0. The van der Waals surface area contributed by atoms with Crippen molar-refractivity contribution >= 4 is 15.9 Å². The summed E-state index contributed by atoms with van der Waals surface area (Å²) >= 11 is 0. The van der Waals surface area contributed by atoms with Crippen molar-refractivity contribution in [2.75, 3.05) is 12.8 Å². The smallest absolute Gasteiger partial charge is 0.256 e. The van der Waals surface area contributed by atoms with E-state index in [4.69, 9.17) is 4.52 Å². The number of hydrogen-bond acceptors (Lipinski definition) is 5. The van der Waals surface area contributed by atoms with Crippen LogP contribution in [0.3, 0.4) is 0 Å². The van der Waals surface area contributed by atoms with Crippen LogP contribution < -0.4 is 10.0 Å². The molecule has 1 aromatic heterocycles. The molecule has 0 spiro atoms. The standard InChI is InChI=1S/C14H23N3O4S/c1-4-11-13(9(2)21-16-11)14(18)15-8-10-6-5-7-12(10)17-22(3,19)20/h10,12,17H,4-8H2,1-3H3,(H,15,18). The second kappa shape index (κ2) is 6.78. The summed E-state index contributed by atoms with van der Waals surface area (Å²) in [6.07, 6.45) is 4.45. The van der Waals surface area contributed by atoms with Crippen molar-refractivity contribution in [3.8, 4) is 0 Å². The monoisotopic (exact) mass is 329 g/mol. The van der Waals surface area contributed by atoms with Crippen LogP contribution in [-0.2, 0) is 16.4 Å². The molecule has 0 aliphatic heterocycles. The Kier molecular flexibility index (Phi) is 5.23. The van der Waals surface area contributed by atoms with Gasteiger partial charge in [-0.05, 0) is 32.1 Å². The molecule has 7 nitrogen and oxygen atoms in total. The molecule has 0 aromatic carbocycles. The third-order valence-corrected chi connectivity index (χ3v) is 4.78. The molecule has 2 atom stereocenters. The average Bonchev–Trinajstić information content (AvgIpc) is 3.00. The zero-order valence-corrected chi connectivity index (χ0v) is 14.0. The van der Waals surface area contributed by atoms with Crippen molar-refractivity contribution in [2.45, 2.75) is 45.6 Å². The number of amides is 1. The lowest BCUT2D eigenvalue weighted by atomic mass is 10.0. The van der Waals surface area contributed by atoms with E-state index in [1.165, 1.54) is 0 Å². The Morgan fingerprint density at radius 3 is 2.77 bits per heavy atom. The average molecular weight is 329 g/mol. The summed E-state index contributed by atoms with van der Waals surface area (Å²) in [5.74, 6) is 0.413. The Morgan fingerprint density at radius 2 is 2.14 bits per heavy atom. The molecule has 1 saturated carbocycles. The van der Waals surface area contributed by atoms with Crippen molar-refractivity contribution in [3.05, 3.63) is 17.0 Å². The number of rotatable bonds is 6. The summed E-state index contributed by atoms with van der Waals surface area (Å²) in [6.45, 7) is 4.07. The van der Waals surface area contributed by atoms with E-state index in [9.17, 15) is 13.2 Å². The first-order chi connectivity index (χ1) is 10.3. The largest absolute Gasteiger partial charge is 0.361 e. The van der Waals surface area contributed by atoms with Gasteiger partial charge in [0.1, 0.15) is 11.3 Å². The fourth-order valence-electron chi connectivity index (χ4n) is 2.97. The highest BCUT2D eigenvalue weighted by atomic mass is 32.2. The van der Waals surface area contributed by atoms with Crippen LogP contribution in [0, 0.1) is 12.8 Å². The van der Waals surface area contributed by atoms with Crippen molar-refractivity contribution in [2.24, 2.45) is 5.92 Å². The molecular weight excluding hydrogens is 306 g/mol. The second-order valence-corrected chi connectivity index (χ2v) is 7.59. The predicted molar refractivity (Wildman–Crippen MR) is 82.1 cm³/mol. The van der Waals surface area contributed by atoms with Crippen LogP contribution in [0.2, 0.25) is 0 Å². The summed E-state index contributed by atoms with van der Waals surface area (Å²) in [5.41, 5.74) is 1.14. The molecule has 124 valence electrons. The van der Waals surface area contributed by atoms with Crippen molar-refractivity contribution in [1.82, 2.24) is 15.2 Å². The Hall–Kier alpha value is -1.41. The third kappa shape index (κ3) is 4.07. The van der Waals surface area contributed by atoms with Gasteiger partial charge < -0.3 is 9.84 Å². The highest BCUT2D eigenvalue weighted by Gasteiger charge is 2.30. The van der Waals surface area contributed by atoms with E-state index in [1.54, 1.807) is 6.92 Å². The Morgan fingerprint density at radius 1 is 1.41 bits per heavy atom. The van der Waals surface area contributed by atoms with E-state index in [0.717, 1.165) is 25.5 Å². The minimum atomic E-state index is -3.23. The van der Waals surface area contributed by atoms with Crippen molar-refractivity contribution < 1.29 is 17.7 Å². The number of hydrogen-bond donors (Lipinski definition) is 2. The minimum absolute atomic E-state index is 0.107. The van der Waals surface area contributed by atoms with Crippen LogP contribution >= 0.6 is 0 Å². The van der Waals surface area contributed by atoms with E-state index in [-0.39, 0.29) is 17.9 Å². The first-order valence-corrected chi connectivity index (χ1v) is 9.41. The Bertz CT molecular complexity index is 639. The van der Waals surface area contributed by atoms with Crippen LogP contribution in [0.15, 0.2) is 4.52 Å². The molecule has 2 N–H and O–H groups in total. The van der Waals surface area contributed by atoms with Gasteiger partial charge in [-0.15, -0.1) is 0 Å². The lowest BCUT2D eigenvalue weighted by Gasteiger charge is -2.20.